The van der Waals surface area contributed by atoms with Gasteiger partial charge in [-0.2, -0.15) is 132 Å². The quantitative estimate of drug-likeness (QED) is 0.0426. The monoisotopic (exact) mass is 1130 g/mol. The highest BCUT2D eigenvalue weighted by atomic mass is 19.4. The zero-order valence-electron chi connectivity index (χ0n) is 38.5. The molecule has 0 amide bonds. The van der Waals surface area contributed by atoms with E-state index in [-0.39, 0.29) is 5.78 Å². The van der Waals surface area contributed by atoms with E-state index >= 15 is 0 Å². The van der Waals surface area contributed by atoms with E-state index in [1.54, 1.807) is 6.20 Å². The van der Waals surface area contributed by atoms with Crippen molar-refractivity contribution in [2.75, 3.05) is 0 Å². The first-order valence-electron chi connectivity index (χ1n) is 21.8. The molecule has 77 heavy (non-hydrogen) atoms. The summed E-state index contributed by atoms with van der Waals surface area (Å²) in [5.41, 5.74) is -28.4. The van der Waals surface area contributed by atoms with E-state index in [1.807, 2.05) is 47.3 Å². The van der Waals surface area contributed by atoms with E-state index < -0.39 is 195 Å². The van der Waals surface area contributed by atoms with Crippen molar-refractivity contribution in [1.29, 1.82) is 0 Å². The summed E-state index contributed by atoms with van der Waals surface area (Å²) in [5, 5.41) is 0. The zero-order valence-corrected chi connectivity index (χ0v) is 38.5. The number of unbranched alkanes of at least 4 members (excludes halogenated alkanes) is 2. The molecule has 28 heteroatoms. The molecule has 6 rings (SSSR count). The lowest BCUT2D eigenvalue weighted by atomic mass is 9.12. The summed E-state index contributed by atoms with van der Waals surface area (Å²) in [4.78, 5) is 16.5. The highest BCUT2D eigenvalue weighted by Crippen LogP contribution is 2.41. The Morgan fingerprint density at radius 3 is 0.974 bits per heavy atom. The fourth-order valence-electron chi connectivity index (χ4n) is 8.22. The summed E-state index contributed by atoms with van der Waals surface area (Å²) >= 11 is 0. The van der Waals surface area contributed by atoms with Gasteiger partial charge < -0.3 is 0 Å². The number of hydrogen-bond acceptors (Lipinski definition) is 2. The van der Waals surface area contributed by atoms with Crippen LogP contribution in [-0.4, -0.2) is 16.9 Å². The Labute approximate surface area is 419 Å². The van der Waals surface area contributed by atoms with Crippen LogP contribution in [0.25, 0.3) is 0 Å². The largest absolute Gasteiger partial charge is 0.416 e. The molecule has 5 aromatic carbocycles. The van der Waals surface area contributed by atoms with Crippen molar-refractivity contribution in [3.8, 4) is 0 Å². The second-order valence-corrected chi connectivity index (χ2v) is 17.2. The maximum Gasteiger partial charge on any atom is 0.416 e. The lowest BCUT2D eigenvalue weighted by Crippen LogP contribution is -2.75. The van der Waals surface area contributed by atoms with E-state index in [1.165, 1.54) is 12.8 Å². The number of alkyl halides is 24. The molecular weight excluding hydrogens is 1100 g/mol. The Morgan fingerprint density at radius 1 is 0.429 bits per heavy atom. The van der Waals surface area contributed by atoms with Gasteiger partial charge in [0.1, 0.15) is 11.8 Å². The van der Waals surface area contributed by atoms with Crippen molar-refractivity contribution in [3.05, 3.63) is 177 Å². The van der Waals surface area contributed by atoms with E-state index in [0.29, 0.717) is 6.54 Å². The van der Waals surface area contributed by atoms with E-state index in [2.05, 4.69) is 11.9 Å². The Balaban J connectivity index is 0.000000455. The Morgan fingerprint density at radius 2 is 0.714 bits per heavy atom. The third-order valence-corrected chi connectivity index (χ3v) is 11.7. The fraction of sp³-hybridized carbons (Fsp3) is 0.286. The molecule has 1 heterocycles. The number of benzene rings is 5. The summed E-state index contributed by atoms with van der Waals surface area (Å²) in [7, 11) is 0. The first-order valence-corrected chi connectivity index (χ1v) is 21.8. The van der Waals surface area contributed by atoms with Gasteiger partial charge in [0.15, 0.2) is 12.4 Å². The molecule has 0 atom stereocenters. The maximum atomic E-state index is 14.2. The minimum atomic E-state index is -6.13. The van der Waals surface area contributed by atoms with Gasteiger partial charge in [0.05, 0.1) is 50.7 Å². The number of nitrogens with zero attached hydrogens (tertiary/aromatic N) is 2. The molecule has 0 saturated heterocycles. The second-order valence-electron chi connectivity index (χ2n) is 17.2. The lowest BCUT2D eigenvalue weighted by Gasteiger charge is -2.46. The minimum Gasteiger partial charge on any atom is -0.287 e. The zero-order chi connectivity index (χ0) is 58.1. The Kier molecular flexibility index (Phi) is 17.4. The van der Waals surface area contributed by atoms with Crippen molar-refractivity contribution >= 4 is 33.8 Å². The molecule has 3 nitrogen and oxygen atoms in total. The predicted octanol–water partition coefficient (Wildman–Crippen LogP) is 14.2. The van der Waals surface area contributed by atoms with E-state index in [9.17, 15) is 110 Å². The third kappa shape index (κ3) is 15.0. The Hall–Kier alpha value is -6.77. The standard InChI is InChI=1S/C32H12BF24.C17H21N2O/c34-25(35,36)13-1-14(26(37,38)39)6-21(5-13)33(22-7-15(27(40,41)42)2-16(8-22)28(43,44)45,23-9-17(29(46,47)48)3-18(10-23)30(49,50)51)24-11-19(31(52,53)54)4-20(12-24)32(55,56)57;1-2-3-5-10-16-13-19(12-11-18-16)14-17(20)15-8-6-4-7-9-15/h1-12H;4,6-9,11-13H,2-3,5,10,14H2,1H3/q-1;+1. The molecule has 0 aliphatic heterocycles. The van der Waals surface area contributed by atoms with Gasteiger partial charge in [-0.05, 0) is 37.1 Å². The second kappa shape index (κ2) is 21.9. The van der Waals surface area contributed by atoms with Gasteiger partial charge in [0, 0.05) is 5.56 Å². The van der Waals surface area contributed by atoms with Gasteiger partial charge >= 0.3 is 49.4 Å². The maximum absolute atomic E-state index is 14.2. The van der Waals surface area contributed by atoms with E-state index in [0.717, 1.165) is 24.1 Å². The van der Waals surface area contributed by atoms with E-state index in [4.69, 9.17) is 0 Å². The molecule has 0 bridgehead atoms. The van der Waals surface area contributed by atoms with Gasteiger partial charge in [-0.1, -0.05) is 98.6 Å². The molecule has 0 aliphatic carbocycles. The normalized spacial score (nSPS) is 13.3. The Bertz CT molecular complexity index is 2600. The van der Waals surface area contributed by atoms with Crippen molar-refractivity contribution in [1.82, 2.24) is 4.98 Å². The number of carbonyl (C=O) groups excluding carboxylic acids is 1. The molecule has 1 aromatic heterocycles. The summed E-state index contributed by atoms with van der Waals surface area (Å²) in [6.07, 6.45) is -44.6. The van der Waals surface area contributed by atoms with Crippen LogP contribution in [0, 0.1) is 0 Å². The number of rotatable bonds is 11. The van der Waals surface area contributed by atoms with Crippen LogP contribution in [0.2, 0.25) is 0 Å². The third-order valence-electron chi connectivity index (χ3n) is 11.7. The number of aryl methyl sites for hydroxylation is 1. The summed E-state index contributed by atoms with van der Waals surface area (Å²) in [6.45, 7) is 2.56. The van der Waals surface area contributed by atoms with Crippen molar-refractivity contribution in [2.45, 2.75) is 88.6 Å². The van der Waals surface area contributed by atoms with Crippen molar-refractivity contribution < 1.29 is 115 Å². The molecule has 0 saturated carbocycles. The number of Topliss-reactive ketones (excluding diaryl/α,β-unsaturated/α-hetero) is 1. The summed E-state index contributed by atoms with van der Waals surface area (Å²) in [5.74, 6) is 0.126. The summed E-state index contributed by atoms with van der Waals surface area (Å²) in [6, 6.07) is 0.594. The van der Waals surface area contributed by atoms with Crippen LogP contribution < -0.4 is 26.4 Å². The van der Waals surface area contributed by atoms with Crippen molar-refractivity contribution in [2.24, 2.45) is 0 Å². The van der Waals surface area contributed by atoms with Gasteiger partial charge in [-0.3, -0.25) is 4.79 Å². The van der Waals surface area contributed by atoms with Crippen molar-refractivity contribution in [3.63, 3.8) is 0 Å². The van der Waals surface area contributed by atoms with Crippen LogP contribution in [0.5, 0.6) is 0 Å². The van der Waals surface area contributed by atoms with Gasteiger partial charge in [0.25, 0.3) is 0 Å². The smallest absolute Gasteiger partial charge is 0.287 e. The van der Waals surface area contributed by atoms with Gasteiger partial charge in [-0.15, -0.1) is 0 Å². The van der Waals surface area contributed by atoms with Crippen LogP contribution >= 0.6 is 0 Å². The number of halogens is 24. The number of carbonyl (C=O) groups is 1. The van der Waals surface area contributed by atoms with Crippen LogP contribution in [0.1, 0.15) is 86.7 Å². The SMILES string of the molecule is CCCCCc1c[n+](CC(=O)c2ccccc2)ccn1.FC(F)(F)c1cc([B-](c2cc(C(F)(F)F)cc(C(F)(F)F)c2)(c2cc(C(F)(F)F)cc(C(F)(F)F)c2)c2cc(C(F)(F)F)cc(C(F)(F)F)c2)cc(C(F)(F)F)c1. The van der Waals surface area contributed by atoms with Crippen LogP contribution in [0.15, 0.2) is 122 Å². The molecule has 0 unspecified atom stereocenters. The molecular formula is C49H33BF24N2O. The predicted molar refractivity (Wildman–Crippen MR) is 229 cm³/mol. The van der Waals surface area contributed by atoms with Gasteiger partial charge in [0.2, 0.25) is 12.3 Å². The molecule has 0 aliphatic rings. The highest BCUT2D eigenvalue weighted by molar-refractivity contribution is 7.20. The average molecular weight is 1130 g/mol. The lowest BCUT2D eigenvalue weighted by molar-refractivity contribution is -0.684. The minimum absolute atomic E-state index is 0.126. The number of ketones is 1. The summed E-state index contributed by atoms with van der Waals surface area (Å²) < 4.78 is 343. The topological polar surface area (TPSA) is 33.8 Å². The number of aromatic nitrogens is 2. The van der Waals surface area contributed by atoms with Gasteiger partial charge in [-0.25, -0.2) is 4.98 Å². The van der Waals surface area contributed by atoms with Crippen LogP contribution in [0.4, 0.5) is 105 Å². The molecule has 0 radical (unpaired) electrons. The van der Waals surface area contributed by atoms with Crippen LogP contribution in [-0.2, 0) is 62.4 Å². The first-order chi connectivity index (χ1) is 35.1. The molecule has 416 valence electrons. The van der Waals surface area contributed by atoms with Crippen LogP contribution in [0.3, 0.4) is 0 Å². The number of hydrogen-bond donors (Lipinski definition) is 0. The molecule has 0 N–H and O–H groups in total. The highest BCUT2D eigenvalue weighted by Gasteiger charge is 2.47. The molecule has 6 aromatic rings. The first kappa shape index (κ1) is 61.1. The molecule has 0 spiro atoms. The fourth-order valence-corrected chi connectivity index (χ4v) is 8.22. The molecule has 0 fully saturated rings. The average Bonchev–Trinajstić information content (AvgIpc) is 3.30.